The standard InChI is InChI=1S/C52H80N14O9/c1-6-30(3)44(66-48(72)39(22-23-42(55)68)61-46(70)37(60-43(69)28-54)21-15-25-58-52(56)57)50(74)62-38(20-13-14-24-53)47(71)65-45(31(4)7-2)51(75)64-41(27-34-29-59-36-19-12-11-18-35(34)36)49(73)63-40(32(5)67)26-33-16-9-8-10-17-33/h8-12,16-19,29-31,37-41,44-45,59H,6-7,13-15,20-28,53-54H2,1-5H3,(H2,55,68)(H,60,69)(H,61,70)(H,62,74)(H,63,73)(H,64,75)(H,65,71)(H,66,72)(H4,56,57,58)/t30?,31?,37-,38-,39-,40-,41-,44-,45-/m0/s1. The van der Waals surface area contributed by atoms with E-state index in [1.54, 1.807) is 27.0 Å². The maximum absolute atomic E-state index is 14.6. The van der Waals surface area contributed by atoms with E-state index >= 15 is 0 Å². The lowest BCUT2D eigenvalue weighted by atomic mass is 9.95. The number of ketones is 1. The molecule has 9 atom stereocenters. The molecule has 0 saturated carbocycles. The largest absolute Gasteiger partial charge is 0.370 e. The van der Waals surface area contributed by atoms with Crippen molar-refractivity contribution in [2.75, 3.05) is 19.6 Å². The number of unbranched alkanes of at least 4 members (excludes halogenated alkanes) is 1. The van der Waals surface area contributed by atoms with Crippen LogP contribution in [0, 0.1) is 11.8 Å². The van der Waals surface area contributed by atoms with Crippen LogP contribution in [-0.2, 0) is 56.0 Å². The number of carbonyl (C=O) groups excluding carboxylic acids is 9. The van der Waals surface area contributed by atoms with Crippen molar-refractivity contribution in [2.24, 2.45) is 45.5 Å². The van der Waals surface area contributed by atoms with E-state index in [1.807, 2.05) is 61.5 Å². The van der Waals surface area contributed by atoms with Crippen molar-refractivity contribution in [3.8, 4) is 0 Å². The molecule has 8 amide bonds. The van der Waals surface area contributed by atoms with Gasteiger partial charge in [0.1, 0.15) is 36.3 Å². The first kappa shape index (κ1) is 61.9. The number of aromatic amines is 1. The second kappa shape index (κ2) is 32.0. The maximum atomic E-state index is 14.6. The van der Waals surface area contributed by atoms with Gasteiger partial charge in [0.05, 0.1) is 12.6 Å². The molecule has 0 radical (unpaired) electrons. The van der Waals surface area contributed by atoms with Crippen molar-refractivity contribution in [3.63, 3.8) is 0 Å². The highest BCUT2D eigenvalue weighted by atomic mass is 16.2. The number of nitrogens with one attached hydrogen (secondary N) is 8. The Morgan fingerprint density at radius 1 is 0.573 bits per heavy atom. The number of rotatable bonds is 34. The summed E-state index contributed by atoms with van der Waals surface area (Å²) < 4.78 is 0. The smallest absolute Gasteiger partial charge is 0.243 e. The number of primary amides is 1. The molecular weight excluding hydrogens is 965 g/mol. The number of fused-ring (bicyclic) bond motifs is 1. The Kier molecular flexibility index (Phi) is 26.4. The molecule has 2 unspecified atom stereocenters. The summed E-state index contributed by atoms with van der Waals surface area (Å²) in [6.45, 7) is 8.44. The Morgan fingerprint density at radius 3 is 1.64 bits per heavy atom. The topological polar surface area (TPSA) is 396 Å². The first-order chi connectivity index (χ1) is 35.7. The first-order valence-corrected chi connectivity index (χ1v) is 25.7. The molecule has 3 rings (SSSR count). The zero-order valence-electron chi connectivity index (χ0n) is 43.9. The Hall–Kier alpha value is -7.40. The number of Topliss-reactive ketones (excluding diaryl/α,β-unsaturated/α-hetero) is 1. The van der Waals surface area contributed by atoms with Gasteiger partial charge in [-0.1, -0.05) is 89.1 Å². The molecule has 0 aliphatic heterocycles. The summed E-state index contributed by atoms with van der Waals surface area (Å²) in [5, 5.41) is 20.0. The van der Waals surface area contributed by atoms with Gasteiger partial charge in [-0.25, -0.2) is 0 Å². The van der Waals surface area contributed by atoms with Crippen LogP contribution >= 0.6 is 0 Å². The Bertz CT molecular complexity index is 2410. The van der Waals surface area contributed by atoms with Crippen molar-refractivity contribution >= 4 is 69.9 Å². The lowest BCUT2D eigenvalue weighted by Crippen LogP contribution is -2.61. The predicted octanol–water partition coefficient (Wildman–Crippen LogP) is -0.565. The summed E-state index contributed by atoms with van der Waals surface area (Å²) in [6.07, 6.45) is 3.42. The van der Waals surface area contributed by atoms with Gasteiger partial charge >= 0.3 is 0 Å². The quantitative estimate of drug-likeness (QED) is 0.0203. The lowest BCUT2D eigenvalue weighted by molar-refractivity contribution is -0.137. The van der Waals surface area contributed by atoms with Crippen LogP contribution in [0.25, 0.3) is 10.9 Å². The summed E-state index contributed by atoms with van der Waals surface area (Å²) in [5.74, 6) is -7.33. The molecule has 0 fully saturated rings. The van der Waals surface area contributed by atoms with E-state index < -0.39 is 108 Å². The average molecular weight is 1050 g/mol. The van der Waals surface area contributed by atoms with Gasteiger partial charge in [0.25, 0.3) is 0 Å². The SMILES string of the molecule is CCC(C)[C@H](NC(=O)[C@H](CCCCN)NC(=O)[C@@H](NC(=O)[C@H](CCC(N)=O)NC(=O)[C@H](CCCN=C(N)N)NC(=O)CN)C(C)CC)C(=O)N[C@@H](Cc1c[nH]c2ccccc12)C(=O)N[C@@H](Cc1ccccc1)C(C)=O. The molecule has 23 heteroatoms. The molecule has 0 spiro atoms. The third-order valence-electron chi connectivity index (χ3n) is 13.1. The fourth-order valence-corrected chi connectivity index (χ4v) is 8.20. The highest BCUT2D eigenvalue weighted by Crippen LogP contribution is 2.20. The summed E-state index contributed by atoms with van der Waals surface area (Å²) in [4.78, 5) is 130. The molecular formula is C52H80N14O9. The molecule has 3 aromatic rings. The highest BCUT2D eigenvalue weighted by Gasteiger charge is 2.37. The third kappa shape index (κ3) is 20.8. The highest BCUT2D eigenvalue weighted by molar-refractivity contribution is 5.98. The van der Waals surface area contributed by atoms with E-state index in [9.17, 15) is 43.2 Å². The number of H-pyrrole nitrogens is 1. The number of hydrogen-bond acceptors (Lipinski definition) is 12. The molecule has 0 saturated heterocycles. The average Bonchev–Trinajstić information content (AvgIpc) is 3.80. The zero-order valence-corrected chi connectivity index (χ0v) is 43.9. The molecule has 1 heterocycles. The van der Waals surface area contributed by atoms with Crippen LogP contribution < -0.4 is 65.9 Å². The number of carbonyl (C=O) groups is 9. The van der Waals surface area contributed by atoms with E-state index in [-0.39, 0.29) is 69.8 Å². The zero-order chi connectivity index (χ0) is 55.6. The molecule has 75 heavy (non-hydrogen) atoms. The van der Waals surface area contributed by atoms with Gasteiger partial charge in [-0.15, -0.1) is 0 Å². The van der Waals surface area contributed by atoms with Gasteiger partial charge in [0.15, 0.2) is 11.7 Å². The normalized spacial score (nSPS) is 14.7. The van der Waals surface area contributed by atoms with Gasteiger partial charge in [0.2, 0.25) is 47.3 Å². The molecule has 23 nitrogen and oxygen atoms in total. The van der Waals surface area contributed by atoms with E-state index in [2.05, 4.69) is 47.2 Å². The number of aromatic nitrogens is 1. The third-order valence-corrected chi connectivity index (χ3v) is 13.1. The molecule has 18 N–H and O–H groups in total. The van der Waals surface area contributed by atoms with Crippen LogP contribution in [0.5, 0.6) is 0 Å². The minimum Gasteiger partial charge on any atom is -0.370 e. The van der Waals surface area contributed by atoms with Gasteiger partial charge in [0, 0.05) is 36.5 Å². The van der Waals surface area contributed by atoms with E-state index in [1.165, 1.54) is 6.92 Å². The van der Waals surface area contributed by atoms with Crippen LogP contribution in [0.4, 0.5) is 0 Å². The fourth-order valence-electron chi connectivity index (χ4n) is 8.20. The molecule has 412 valence electrons. The van der Waals surface area contributed by atoms with Crippen molar-refractivity contribution in [1.29, 1.82) is 0 Å². The summed E-state index contributed by atoms with van der Waals surface area (Å²) >= 11 is 0. The number of amides is 8. The second-order valence-corrected chi connectivity index (χ2v) is 18.9. The van der Waals surface area contributed by atoms with Crippen LogP contribution in [-0.4, -0.2) is 126 Å². The summed E-state index contributed by atoms with van der Waals surface area (Å²) in [5.41, 5.74) is 29.9. The van der Waals surface area contributed by atoms with Crippen LogP contribution in [0.3, 0.4) is 0 Å². The predicted molar refractivity (Wildman–Crippen MR) is 286 cm³/mol. The van der Waals surface area contributed by atoms with Crippen LogP contribution in [0.2, 0.25) is 0 Å². The maximum Gasteiger partial charge on any atom is 0.243 e. The first-order valence-electron chi connectivity index (χ1n) is 25.7. The Morgan fingerprint density at radius 2 is 1.08 bits per heavy atom. The van der Waals surface area contributed by atoms with Crippen LogP contribution in [0.15, 0.2) is 65.8 Å². The van der Waals surface area contributed by atoms with Crippen molar-refractivity contribution < 1.29 is 43.2 Å². The summed E-state index contributed by atoms with van der Waals surface area (Å²) in [6, 6.07) is 8.20. The molecule has 1 aromatic heterocycles. The molecule has 0 bridgehead atoms. The number of hydrogen-bond donors (Lipinski definition) is 13. The number of benzene rings is 2. The van der Waals surface area contributed by atoms with Gasteiger partial charge in [-0.3, -0.25) is 48.1 Å². The number of nitrogens with zero attached hydrogens (tertiary/aromatic N) is 1. The fraction of sp³-hybridized carbons (Fsp3) is 0.538. The number of para-hydroxylation sites is 1. The van der Waals surface area contributed by atoms with Crippen molar-refractivity contribution in [2.45, 2.75) is 148 Å². The minimum atomic E-state index is -1.42. The van der Waals surface area contributed by atoms with E-state index in [0.29, 0.717) is 25.7 Å². The Labute approximate surface area is 438 Å². The summed E-state index contributed by atoms with van der Waals surface area (Å²) in [7, 11) is 0. The van der Waals surface area contributed by atoms with Gasteiger partial charge in [-0.2, -0.15) is 0 Å². The second-order valence-electron chi connectivity index (χ2n) is 18.9. The lowest BCUT2D eigenvalue weighted by Gasteiger charge is -2.31. The number of nitrogens with two attached hydrogens (primary N) is 5. The molecule has 2 aromatic carbocycles. The molecule has 0 aliphatic rings. The number of guanidine groups is 1. The van der Waals surface area contributed by atoms with Crippen molar-refractivity contribution in [3.05, 3.63) is 71.9 Å². The van der Waals surface area contributed by atoms with Crippen LogP contribution in [0.1, 0.15) is 104 Å². The Balaban J connectivity index is 1.92. The van der Waals surface area contributed by atoms with E-state index in [0.717, 1.165) is 22.0 Å². The monoisotopic (exact) mass is 1040 g/mol. The van der Waals surface area contributed by atoms with Gasteiger partial charge in [-0.05, 0) is 87.4 Å². The molecule has 0 aliphatic carbocycles. The number of aliphatic imine (C=N–C) groups is 1. The minimum absolute atomic E-state index is 0.0262. The van der Waals surface area contributed by atoms with E-state index in [4.69, 9.17) is 28.7 Å². The van der Waals surface area contributed by atoms with Crippen molar-refractivity contribution in [1.82, 2.24) is 42.2 Å². The van der Waals surface area contributed by atoms with Gasteiger partial charge < -0.3 is 70.9 Å².